The minimum Gasteiger partial charge on any atom is -0.465 e. The van der Waals surface area contributed by atoms with Gasteiger partial charge in [-0.1, -0.05) is 0 Å². The second-order valence-electron chi connectivity index (χ2n) is 8.42. The summed E-state index contributed by atoms with van der Waals surface area (Å²) in [5, 5.41) is 20.3. The maximum atomic E-state index is 13.7. The molecule has 2 aromatic heterocycles. The number of pyridine rings is 1. The van der Waals surface area contributed by atoms with Crippen LogP contribution in [0.25, 0.3) is 16.7 Å². The average Bonchev–Trinajstić information content (AvgIpc) is 3.18. The molecule has 2 aromatic carbocycles. The predicted octanol–water partition coefficient (Wildman–Crippen LogP) is 3.78. The van der Waals surface area contributed by atoms with Gasteiger partial charge in [-0.15, -0.1) is 0 Å². The second-order valence-corrected chi connectivity index (χ2v) is 8.42. The van der Waals surface area contributed by atoms with Crippen LogP contribution in [-0.2, 0) is 0 Å². The maximum Gasteiger partial charge on any atom is 0.407 e. The topological polar surface area (TPSA) is 159 Å². The Labute approximate surface area is 203 Å². The number of rotatable bonds is 5. The lowest BCUT2D eigenvalue weighted by Crippen LogP contribution is -2.42. The Balaban J connectivity index is 1.51. The first-order valence-corrected chi connectivity index (χ1v) is 11.2. The van der Waals surface area contributed by atoms with Gasteiger partial charge in [-0.2, -0.15) is 0 Å². The van der Waals surface area contributed by atoms with E-state index in [9.17, 15) is 24.8 Å². The highest BCUT2D eigenvalue weighted by Gasteiger charge is 2.29. The van der Waals surface area contributed by atoms with Crippen molar-refractivity contribution in [2.24, 2.45) is 0 Å². The van der Waals surface area contributed by atoms with E-state index in [1.165, 1.54) is 39.9 Å². The minimum atomic E-state index is -1.01. The molecule has 12 heteroatoms. The lowest BCUT2D eigenvalue weighted by molar-refractivity contribution is -0.384. The van der Waals surface area contributed by atoms with Gasteiger partial charge in [0, 0.05) is 31.4 Å². The highest BCUT2D eigenvalue weighted by Crippen LogP contribution is 2.30. The molecule has 1 aliphatic rings. The molecule has 3 heterocycles. The number of nitrogen functional groups attached to an aromatic ring is 1. The number of carbonyl (C=O) groups is 1. The van der Waals surface area contributed by atoms with E-state index < -0.39 is 11.0 Å². The Bertz CT molecular complexity index is 1510. The zero-order valence-electron chi connectivity index (χ0n) is 19.0. The first kappa shape index (κ1) is 22.9. The van der Waals surface area contributed by atoms with Crippen molar-refractivity contribution in [2.45, 2.75) is 18.9 Å². The van der Waals surface area contributed by atoms with E-state index in [0.29, 0.717) is 47.6 Å². The number of non-ortho nitro benzene ring substituents is 1. The van der Waals surface area contributed by atoms with Crippen LogP contribution < -0.4 is 16.2 Å². The molecule has 1 aliphatic heterocycles. The van der Waals surface area contributed by atoms with Crippen molar-refractivity contribution in [3.63, 3.8) is 0 Å². The Hall–Kier alpha value is -4.87. The third-order valence-electron chi connectivity index (χ3n) is 6.22. The number of carboxylic acid groups (broad SMARTS) is 1. The maximum absolute atomic E-state index is 13.7. The van der Waals surface area contributed by atoms with E-state index in [-0.39, 0.29) is 29.8 Å². The van der Waals surface area contributed by atoms with Crippen molar-refractivity contribution in [3.05, 3.63) is 81.4 Å². The van der Waals surface area contributed by atoms with E-state index in [2.05, 4.69) is 4.98 Å². The molecule has 1 fully saturated rings. The molecule has 0 saturated carbocycles. The number of hydrogen-bond acceptors (Lipinski definition) is 7. The summed E-state index contributed by atoms with van der Waals surface area (Å²) < 4.78 is 8.83. The highest BCUT2D eigenvalue weighted by atomic mass is 16.6. The number of fused-ring (bicyclic) bond motifs is 1. The molecule has 3 N–H and O–H groups in total. The second kappa shape index (κ2) is 9.06. The summed E-state index contributed by atoms with van der Waals surface area (Å²) in [6, 6.07) is 13.8. The van der Waals surface area contributed by atoms with Crippen LogP contribution in [0.4, 0.5) is 16.3 Å². The Morgan fingerprint density at radius 2 is 1.78 bits per heavy atom. The molecule has 0 bridgehead atoms. The Morgan fingerprint density at radius 1 is 1.11 bits per heavy atom. The van der Waals surface area contributed by atoms with E-state index in [1.54, 1.807) is 34.9 Å². The molecule has 36 heavy (non-hydrogen) atoms. The number of nitrogens with two attached hydrogens (primary N) is 1. The number of likely N-dealkylation sites (tertiary alicyclic amines) is 1. The van der Waals surface area contributed by atoms with Gasteiger partial charge in [0.1, 0.15) is 22.8 Å². The van der Waals surface area contributed by atoms with Crippen LogP contribution in [0.15, 0.2) is 65.6 Å². The molecule has 12 nitrogen and oxygen atoms in total. The highest BCUT2D eigenvalue weighted by molar-refractivity contribution is 5.87. The van der Waals surface area contributed by atoms with Crippen molar-refractivity contribution in [1.82, 2.24) is 19.0 Å². The molecule has 184 valence electrons. The molecule has 4 aromatic rings. The zero-order chi connectivity index (χ0) is 25.4. The zero-order valence-corrected chi connectivity index (χ0v) is 19.0. The van der Waals surface area contributed by atoms with Crippen LogP contribution in [0, 0.1) is 10.1 Å². The number of amides is 1. The van der Waals surface area contributed by atoms with Gasteiger partial charge < -0.3 is 20.5 Å². The fourth-order valence-electron chi connectivity index (χ4n) is 4.56. The normalized spacial score (nSPS) is 15.7. The summed E-state index contributed by atoms with van der Waals surface area (Å²) in [4.78, 5) is 41.0. The number of nitro groups is 1. The summed E-state index contributed by atoms with van der Waals surface area (Å²) in [6.45, 7) is 0.637. The SMILES string of the molecule is Nc1nccc2c1n(-c1ccc(Oc3ccc([N+](=O)[O-])cc3)cc1)c(=O)n2[C@@H]1CCCN(C(=O)O)C1. The van der Waals surface area contributed by atoms with Gasteiger partial charge in [-0.3, -0.25) is 19.2 Å². The Morgan fingerprint density at radius 3 is 2.42 bits per heavy atom. The lowest BCUT2D eigenvalue weighted by Gasteiger charge is -2.31. The molecule has 5 rings (SSSR count). The van der Waals surface area contributed by atoms with Crippen LogP contribution in [0.2, 0.25) is 0 Å². The third kappa shape index (κ3) is 4.08. The fraction of sp³-hybridized carbons (Fsp3) is 0.208. The summed E-state index contributed by atoms with van der Waals surface area (Å²) >= 11 is 0. The number of nitro benzene ring substituents is 1. The summed E-state index contributed by atoms with van der Waals surface area (Å²) in [5.74, 6) is 1.08. The number of aromatic nitrogens is 3. The molecule has 0 aliphatic carbocycles. The molecule has 0 radical (unpaired) electrons. The molecule has 0 spiro atoms. The van der Waals surface area contributed by atoms with Crippen molar-refractivity contribution >= 4 is 28.6 Å². The van der Waals surface area contributed by atoms with E-state index in [1.807, 2.05) is 0 Å². The molecule has 1 saturated heterocycles. The molecule has 1 amide bonds. The van der Waals surface area contributed by atoms with Crippen LogP contribution in [0.1, 0.15) is 18.9 Å². The van der Waals surface area contributed by atoms with Gasteiger partial charge >= 0.3 is 11.8 Å². The largest absolute Gasteiger partial charge is 0.465 e. The molecule has 1 atom stereocenters. The standard InChI is InChI=1S/C24H22N6O6/c25-22-21-20(11-12-26-22)28(17-2-1-13-27(14-17)24(32)33)23(31)29(21)15-3-7-18(8-4-15)36-19-9-5-16(6-10-19)30(34)35/h3-12,17H,1-2,13-14H2,(H2,25,26)(H,32,33)/t17-/m1/s1. The number of nitrogens with zero attached hydrogens (tertiary/aromatic N) is 5. The number of ether oxygens (including phenoxy) is 1. The summed E-state index contributed by atoms with van der Waals surface area (Å²) in [7, 11) is 0. The first-order valence-electron chi connectivity index (χ1n) is 11.2. The molecular weight excluding hydrogens is 468 g/mol. The number of imidazole rings is 1. The van der Waals surface area contributed by atoms with Crippen LogP contribution in [0.5, 0.6) is 11.5 Å². The predicted molar refractivity (Wildman–Crippen MR) is 131 cm³/mol. The van der Waals surface area contributed by atoms with Gasteiger partial charge in [-0.05, 0) is 55.3 Å². The monoisotopic (exact) mass is 490 g/mol. The number of hydrogen-bond donors (Lipinski definition) is 2. The first-order chi connectivity index (χ1) is 17.3. The average molecular weight is 490 g/mol. The third-order valence-corrected chi connectivity index (χ3v) is 6.22. The van der Waals surface area contributed by atoms with Crippen molar-refractivity contribution < 1.29 is 19.6 Å². The smallest absolute Gasteiger partial charge is 0.407 e. The summed E-state index contributed by atoms with van der Waals surface area (Å²) in [6.07, 6.45) is 1.82. The van der Waals surface area contributed by atoms with E-state index >= 15 is 0 Å². The summed E-state index contributed by atoms with van der Waals surface area (Å²) in [5.41, 5.74) is 7.36. The minimum absolute atomic E-state index is 0.0379. The number of piperidine rings is 1. The molecule has 0 unspecified atom stereocenters. The van der Waals surface area contributed by atoms with Crippen molar-refractivity contribution in [1.29, 1.82) is 0 Å². The van der Waals surface area contributed by atoms with Crippen LogP contribution >= 0.6 is 0 Å². The quantitative estimate of drug-likeness (QED) is 0.316. The van der Waals surface area contributed by atoms with Crippen LogP contribution in [0.3, 0.4) is 0 Å². The van der Waals surface area contributed by atoms with Gasteiger partial charge in [0.05, 0.1) is 22.2 Å². The van der Waals surface area contributed by atoms with Crippen LogP contribution in [-0.4, -0.2) is 48.2 Å². The van der Waals surface area contributed by atoms with Crippen molar-refractivity contribution in [2.75, 3.05) is 18.8 Å². The van der Waals surface area contributed by atoms with E-state index in [0.717, 1.165) is 0 Å². The molecular formula is C24H22N6O6. The number of anilines is 1. The van der Waals surface area contributed by atoms with Gasteiger partial charge in [0.25, 0.3) is 5.69 Å². The Kier molecular flexibility index (Phi) is 5.76. The van der Waals surface area contributed by atoms with E-state index in [4.69, 9.17) is 10.5 Å². The van der Waals surface area contributed by atoms with Crippen molar-refractivity contribution in [3.8, 4) is 17.2 Å². The number of benzene rings is 2. The van der Waals surface area contributed by atoms with Gasteiger partial charge in [0.15, 0.2) is 0 Å². The fourth-order valence-corrected chi connectivity index (χ4v) is 4.56. The lowest BCUT2D eigenvalue weighted by atomic mass is 10.1. The van der Waals surface area contributed by atoms with Gasteiger partial charge in [-0.25, -0.2) is 14.6 Å². The van der Waals surface area contributed by atoms with Gasteiger partial charge in [0.2, 0.25) is 0 Å².